The zero-order valence-corrected chi connectivity index (χ0v) is 17.1. The van der Waals surface area contributed by atoms with E-state index < -0.39 is 0 Å². The van der Waals surface area contributed by atoms with Gasteiger partial charge < -0.3 is 10.0 Å². The van der Waals surface area contributed by atoms with Crippen molar-refractivity contribution >= 4 is 0 Å². The average molecular weight is 366 g/mol. The van der Waals surface area contributed by atoms with Crippen molar-refractivity contribution in [3.05, 3.63) is 71.3 Å². The summed E-state index contributed by atoms with van der Waals surface area (Å²) in [6.07, 6.45) is 16.7. The standard InChI is InChI=1S/C25H35NO/c1-19-9-8-12-20(15-19)10-4-5-13-23-24-17-21(11-6-7-14-26(2)3)16-22(24)18-25(23)27/h5-6,8-9,11-13,15-16,22-25,27H,4,7,10,14,17-18H2,1-3H3/t22-,23+,24-,25+/m0/s1. The number of benzene rings is 1. The van der Waals surface area contributed by atoms with Crippen LogP contribution in [-0.4, -0.2) is 36.8 Å². The molecular formula is C25H35NO. The fourth-order valence-corrected chi connectivity index (χ4v) is 4.61. The first-order valence-corrected chi connectivity index (χ1v) is 10.4. The zero-order valence-electron chi connectivity index (χ0n) is 17.1. The fraction of sp³-hybridized carbons (Fsp3) is 0.520. The Hall–Kier alpha value is -1.64. The van der Waals surface area contributed by atoms with Crippen LogP contribution in [0.4, 0.5) is 0 Å². The lowest BCUT2D eigenvalue weighted by Gasteiger charge is -2.17. The van der Waals surface area contributed by atoms with Crippen molar-refractivity contribution in [2.75, 3.05) is 20.6 Å². The topological polar surface area (TPSA) is 23.5 Å². The largest absolute Gasteiger partial charge is 0.392 e. The molecule has 0 spiro atoms. The van der Waals surface area contributed by atoms with E-state index in [1.54, 1.807) is 0 Å². The molecule has 1 aromatic rings. The molecule has 2 heteroatoms. The number of aryl methyl sites for hydroxylation is 2. The summed E-state index contributed by atoms with van der Waals surface area (Å²) < 4.78 is 0. The Labute approximate surface area is 165 Å². The minimum Gasteiger partial charge on any atom is -0.392 e. The summed E-state index contributed by atoms with van der Waals surface area (Å²) in [7, 11) is 4.23. The van der Waals surface area contributed by atoms with E-state index in [-0.39, 0.29) is 6.10 Å². The molecule has 0 saturated heterocycles. The van der Waals surface area contributed by atoms with Gasteiger partial charge in [-0.15, -0.1) is 0 Å². The van der Waals surface area contributed by atoms with Gasteiger partial charge in [0.25, 0.3) is 0 Å². The third-order valence-corrected chi connectivity index (χ3v) is 6.02. The molecule has 1 fully saturated rings. The maximum absolute atomic E-state index is 10.5. The lowest BCUT2D eigenvalue weighted by atomic mass is 9.89. The molecular weight excluding hydrogens is 330 g/mol. The van der Waals surface area contributed by atoms with Gasteiger partial charge in [-0.25, -0.2) is 0 Å². The van der Waals surface area contributed by atoms with E-state index in [0.717, 1.165) is 38.6 Å². The number of fused-ring (bicyclic) bond motifs is 1. The zero-order chi connectivity index (χ0) is 19.2. The molecule has 0 heterocycles. The minimum atomic E-state index is -0.175. The molecule has 0 unspecified atom stereocenters. The lowest BCUT2D eigenvalue weighted by molar-refractivity contribution is 0.141. The van der Waals surface area contributed by atoms with E-state index in [0.29, 0.717) is 17.8 Å². The summed E-state index contributed by atoms with van der Waals surface area (Å²) in [5.41, 5.74) is 4.19. The first kappa shape index (κ1) is 20.1. The van der Waals surface area contributed by atoms with Crippen LogP contribution in [-0.2, 0) is 6.42 Å². The Bertz CT molecular complexity index is 700. The number of hydrogen-bond donors (Lipinski definition) is 1. The van der Waals surface area contributed by atoms with Crippen LogP contribution in [0.1, 0.15) is 36.8 Å². The highest BCUT2D eigenvalue weighted by atomic mass is 16.3. The van der Waals surface area contributed by atoms with Gasteiger partial charge in [-0.05, 0) is 70.5 Å². The number of hydrogen-bond acceptors (Lipinski definition) is 2. The molecule has 27 heavy (non-hydrogen) atoms. The van der Waals surface area contributed by atoms with Crippen molar-refractivity contribution in [3.63, 3.8) is 0 Å². The van der Waals surface area contributed by atoms with E-state index in [4.69, 9.17) is 0 Å². The van der Waals surface area contributed by atoms with Gasteiger partial charge in [0.05, 0.1) is 6.10 Å². The van der Waals surface area contributed by atoms with Crippen LogP contribution < -0.4 is 0 Å². The maximum atomic E-state index is 10.5. The first-order chi connectivity index (χ1) is 13.0. The molecule has 1 N–H and O–H groups in total. The molecule has 2 nitrogen and oxygen atoms in total. The van der Waals surface area contributed by atoms with E-state index in [1.807, 2.05) is 0 Å². The number of allylic oxidation sites excluding steroid dienone is 4. The summed E-state index contributed by atoms with van der Waals surface area (Å²) in [5, 5.41) is 10.5. The fourth-order valence-electron chi connectivity index (χ4n) is 4.61. The molecule has 1 saturated carbocycles. The molecule has 146 valence electrons. The van der Waals surface area contributed by atoms with Crippen LogP contribution in [0.15, 0.2) is 60.2 Å². The minimum absolute atomic E-state index is 0.175. The summed E-state index contributed by atoms with van der Waals surface area (Å²) in [6.45, 7) is 3.25. The summed E-state index contributed by atoms with van der Waals surface area (Å²) in [6, 6.07) is 8.76. The summed E-state index contributed by atoms with van der Waals surface area (Å²) in [5.74, 6) is 1.46. The molecule has 0 amide bonds. The number of aliphatic hydroxyl groups is 1. The van der Waals surface area contributed by atoms with Gasteiger partial charge in [-0.1, -0.05) is 65.8 Å². The molecule has 2 aliphatic rings. The van der Waals surface area contributed by atoms with Gasteiger partial charge >= 0.3 is 0 Å². The third-order valence-electron chi connectivity index (χ3n) is 6.02. The van der Waals surface area contributed by atoms with Crippen LogP contribution in [0, 0.1) is 24.7 Å². The van der Waals surface area contributed by atoms with Crippen molar-refractivity contribution in [2.24, 2.45) is 17.8 Å². The van der Waals surface area contributed by atoms with Gasteiger partial charge in [0.15, 0.2) is 0 Å². The van der Waals surface area contributed by atoms with Crippen molar-refractivity contribution in [1.29, 1.82) is 0 Å². The summed E-state index contributed by atoms with van der Waals surface area (Å²) in [4.78, 5) is 2.22. The Morgan fingerprint density at radius 1 is 1.19 bits per heavy atom. The van der Waals surface area contributed by atoms with Gasteiger partial charge in [-0.2, -0.15) is 0 Å². The SMILES string of the molecule is Cc1cccc(CCC=C[C@@H]2[C@H]3CC(C=CCCN(C)C)=C[C@H]3C[C@H]2O)c1. The third kappa shape index (κ3) is 5.67. The van der Waals surface area contributed by atoms with Crippen LogP contribution in [0.2, 0.25) is 0 Å². The quantitative estimate of drug-likeness (QED) is 0.660. The second-order valence-electron chi connectivity index (χ2n) is 8.60. The van der Waals surface area contributed by atoms with E-state index in [1.165, 1.54) is 16.7 Å². The normalized spacial score (nSPS) is 27.8. The highest BCUT2D eigenvalue weighted by Crippen LogP contribution is 2.47. The van der Waals surface area contributed by atoms with Crippen molar-refractivity contribution < 1.29 is 5.11 Å². The van der Waals surface area contributed by atoms with Gasteiger partial charge in [0.2, 0.25) is 0 Å². The smallest absolute Gasteiger partial charge is 0.0611 e. The van der Waals surface area contributed by atoms with Crippen LogP contribution in [0.5, 0.6) is 0 Å². The van der Waals surface area contributed by atoms with Gasteiger partial charge in [0.1, 0.15) is 0 Å². The van der Waals surface area contributed by atoms with Crippen LogP contribution in [0.3, 0.4) is 0 Å². The molecule has 2 aliphatic carbocycles. The Morgan fingerprint density at radius 3 is 2.81 bits per heavy atom. The second kappa shape index (κ2) is 9.52. The Balaban J connectivity index is 1.49. The molecule has 0 bridgehead atoms. The Kier molecular flexibility index (Phi) is 7.09. The van der Waals surface area contributed by atoms with Crippen LogP contribution >= 0.6 is 0 Å². The highest BCUT2D eigenvalue weighted by Gasteiger charge is 2.42. The second-order valence-corrected chi connectivity index (χ2v) is 8.60. The molecule has 0 radical (unpaired) electrons. The molecule has 4 atom stereocenters. The van der Waals surface area contributed by atoms with E-state index in [9.17, 15) is 5.11 Å². The first-order valence-electron chi connectivity index (χ1n) is 10.4. The van der Waals surface area contributed by atoms with E-state index >= 15 is 0 Å². The number of nitrogens with zero attached hydrogens (tertiary/aromatic N) is 1. The molecule has 0 aliphatic heterocycles. The van der Waals surface area contributed by atoms with E-state index in [2.05, 4.69) is 80.6 Å². The molecule has 1 aromatic carbocycles. The van der Waals surface area contributed by atoms with Crippen molar-refractivity contribution in [2.45, 2.75) is 45.1 Å². The lowest BCUT2D eigenvalue weighted by Crippen LogP contribution is -2.16. The van der Waals surface area contributed by atoms with Crippen molar-refractivity contribution in [3.8, 4) is 0 Å². The predicted molar refractivity (Wildman–Crippen MR) is 115 cm³/mol. The summed E-state index contributed by atoms with van der Waals surface area (Å²) >= 11 is 0. The average Bonchev–Trinajstić information content (AvgIpc) is 3.13. The molecule has 3 rings (SSSR count). The van der Waals surface area contributed by atoms with Gasteiger partial charge in [-0.3, -0.25) is 0 Å². The maximum Gasteiger partial charge on any atom is 0.0611 e. The molecule has 0 aromatic heterocycles. The van der Waals surface area contributed by atoms with Gasteiger partial charge in [0, 0.05) is 12.5 Å². The number of rotatable bonds is 8. The predicted octanol–water partition coefficient (Wildman–Crippen LogP) is 4.94. The van der Waals surface area contributed by atoms with Crippen LogP contribution in [0.25, 0.3) is 0 Å². The monoisotopic (exact) mass is 365 g/mol. The number of aliphatic hydroxyl groups excluding tert-OH is 1. The Morgan fingerprint density at radius 2 is 2.04 bits per heavy atom. The van der Waals surface area contributed by atoms with Crippen molar-refractivity contribution in [1.82, 2.24) is 4.90 Å². The highest BCUT2D eigenvalue weighted by molar-refractivity contribution is 5.29.